The van der Waals surface area contributed by atoms with E-state index in [4.69, 9.17) is 15.7 Å². The van der Waals surface area contributed by atoms with Gasteiger partial charge in [-0.1, -0.05) is 12.1 Å². The van der Waals surface area contributed by atoms with E-state index in [1.807, 2.05) is 72.1 Å². The van der Waals surface area contributed by atoms with Crippen LogP contribution in [0, 0.1) is 0 Å². The number of imidazole rings is 1. The van der Waals surface area contributed by atoms with Crippen molar-refractivity contribution in [3.8, 4) is 22.9 Å². The molecule has 2 aliphatic rings. The van der Waals surface area contributed by atoms with Crippen molar-refractivity contribution in [3.05, 3.63) is 90.9 Å². The van der Waals surface area contributed by atoms with Crippen molar-refractivity contribution in [2.75, 3.05) is 25.9 Å². The Hall–Kier alpha value is -4.87. The summed E-state index contributed by atoms with van der Waals surface area (Å²) >= 11 is 0. The monoisotopic (exact) mass is 593 g/mol. The summed E-state index contributed by atoms with van der Waals surface area (Å²) in [6.07, 6.45) is 11.3. The SMILES string of the molecule is C=CC.CNC1CCN(C=O)CC1.Nc1ncccc1-c1nc2ccc(-n3cccn3)nc2n1-c1ccc2c(c1)C(O)CC2. The lowest BCUT2D eigenvalue weighted by Gasteiger charge is -2.28. The van der Waals surface area contributed by atoms with Gasteiger partial charge in [0.05, 0.1) is 11.7 Å². The second-order valence-electron chi connectivity index (χ2n) is 10.7. The molecule has 1 atom stereocenters. The summed E-state index contributed by atoms with van der Waals surface area (Å²) in [7, 11) is 1.97. The molecular formula is C33H39N9O2. The Morgan fingerprint density at radius 3 is 2.55 bits per heavy atom. The summed E-state index contributed by atoms with van der Waals surface area (Å²) in [5, 5.41) is 17.9. The number of anilines is 1. The number of aryl methyl sites for hydroxylation is 1. The highest BCUT2D eigenvalue weighted by Gasteiger charge is 2.23. The standard InChI is InChI=1S/C23H19N7O.C7H14N2O.C3H6/c24-21-16(3-1-10-25-21)22-27-18-7-9-20(29-12-2-11-26-29)28-23(18)30(22)15-6-4-14-5-8-19(31)17(14)13-15;1-8-7-2-4-9(6-10)5-3-7;1-3-2/h1-4,6-7,9-13,19,31H,5,8H2,(H2,24,25);6-8H,2-5H2,1H3;3H,1H2,2H3. The van der Waals surface area contributed by atoms with E-state index in [2.05, 4.69) is 28.0 Å². The van der Waals surface area contributed by atoms with E-state index in [1.54, 1.807) is 23.2 Å². The third-order valence-electron chi connectivity index (χ3n) is 7.83. The molecule has 1 aliphatic carbocycles. The van der Waals surface area contributed by atoms with Crippen LogP contribution in [-0.2, 0) is 11.2 Å². The van der Waals surface area contributed by atoms with Gasteiger partial charge in [-0.05, 0) is 93.2 Å². The highest BCUT2D eigenvalue weighted by Crippen LogP contribution is 2.35. The van der Waals surface area contributed by atoms with E-state index in [1.165, 1.54) is 5.56 Å². The summed E-state index contributed by atoms with van der Waals surface area (Å²) in [6, 6.07) is 16.2. The van der Waals surface area contributed by atoms with Gasteiger partial charge in [0.1, 0.15) is 11.3 Å². The van der Waals surface area contributed by atoms with Crippen molar-refractivity contribution in [2.24, 2.45) is 0 Å². The molecular weight excluding hydrogens is 554 g/mol. The van der Waals surface area contributed by atoms with E-state index >= 15 is 0 Å². The predicted molar refractivity (Wildman–Crippen MR) is 173 cm³/mol. The number of nitrogen functional groups attached to an aromatic ring is 1. The number of pyridine rings is 2. The number of hydrogen-bond acceptors (Lipinski definition) is 8. The molecule has 1 fully saturated rings. The molecule has 4 N–H and O–H groups in total. The van der Waals surface area contributed by atoms with Crippen molar-refractivity contribution in [1.82, 2.24) is 39.5 Å². The average molecular weight is 594 g/mol. The molecule has 228 valence electrons. The van der Waals surface area contributed by atoms with Gasteiger partial charge < -0.3 is 21.1 Å². The summed E-state index contributed by atoms with van der Waals surface area (Å²) in [5.74, 6) is 1.73. The van der Waals surface area contributed by atoms with Gasteiger partial charge in [0, 0.05) is 43.4 Å². The van der Waals surface area contributed by atoms with Gasteiger partial charge in [0.2, 0.25) is 6.41 Å². The van der Waals surface area contributed by atoms with Crippen molar-refractivity contribution < 1.29 is 9.90 Å². The van der Waals surface area contributed by atoms with Crippen LogP contribution >= 0.6 is 0 Å². The van der Waals surface area contributed by atoms with E-state index in [-0.39, 0.29) is 0 Å². The van der Waals surface area contributed by atoms with Gasteiger partial charge in [-0.15, -0.1) is 6.58 Å². The number of carbonyl (C=O) groups is 1. The number of aliphatic hydroxyl groups is 1. The number of allylic oxidation sites excluding steroid dienone is 1. The van der Waals surface area contributed by atoms with Crippen LogP contribution in [0.5, 0.6) is 0 Å². The fraction of sp³-hybridized carbons (Fsp3) is 0.303. The van der Waals surface area contributed by atoms with Gasteiger partial charge in [-0.25, -0.2) is 19.6 Å². The molecule has 1 aromatic carbocycles. The maximum absolute atomic E-state index is 10.4. The third kappa shape index (κ3) is 6.53. The maximum Gasteiger partial charge on any atom is 0.209 e. The average Bonchev–Trinajstić information content (AvgIpc) is 3.81. The number of nitrogens with two attached hydrogens (primary N) is 1. The Kier molecular flexibility index (Phi) is 9.78. The van der Waals surface area contributed by atoms with E-state index in [0.717, 1.165) is 67.5 Å². The molecule has 11 nitrogen and oxygen atoms in total. The van der Waals surface area contributed by atoms with Crippen LogP contribution in [-0.4, -0.2) is 71.9 Å². The quantitative estimate of drug-likeness (QED) is 0.203. The van der Waals surface area contributed by atoms with Crippen LogP contribution in [0.15, 0.2) is 79.8 Å². The zero-order chi connectivity index (χ0) is 31.1. The Bertz CT molecular complexity index is 1710. The summed E-state index contributed by atoms with van der Waals surface area (Å²) in [5.41, 5.74) is 11.3. The predicted octanol–water partition coefficient (Wildman–Crippen LogP) is 4.25. The number of aliphatic hydroxyl groups excluding tert-OH is 1. The highest BCUT2D eigenvalue weighted by atomic mass is 16.3. The molecule has 0 saturated carbocycles. The number of hydrogen-bond donors (Lipinski definition) is 3. The lowest BCUT2D eigenvalue weighted by Crippen LogP contribution is -2.40. The molecule has 5 heterocycles. The molecule has 0 radical (unpaired) electrons. The van der Waals surface area contributed by atoms with E-state index in [0.29, 0.717) is 29.1 Å². The van der Waals surface area contributed by atoms with E-state index < -0.39 is 6.10 Å². The fourth-order valence-corrected chi connectivity index (χ4v) is 5.51. The molecule has 7 rings (SSSR count). The first-order valence-electron chi connectivity index (χ1n) is 14.8. The minimum atomic E-state index is -0.454. The highest BCUT2D eigenvalue weighted by molar-refractivity contribution is 5.83. The Labute approximate surface area is 257 Å². The summed E-state index contributed by atoms with van der Waals surface area (Å²) < 4.78 is 3.68. The minimum absolute atomic E-state index is 0.396. The largest absolute Gasteiger partial charge is 0.388 e. The Morgan fingerprint density at radius 1 is 1.07 bits per heavy atom. The molecule has 1 amide bonds. The van der Waals surface area contributed by atoms with Gasteiger partial charge in [-0.2, -0.15) is 5.10 Å². The van der Waals surface area contributed by atoms with Gasteiger partial charge in [-0.3, -0.25) is 9.36 Å². The first-order chi connectivity index (χ1) is 21.5. The number of fused-ring (bicyclic) bond motifs is 2. The number of benzene rings is 1. The topological polar surface area (TPSA) is 140 Å². The number of amides is 1. The van der Waals surface area contributed by atoms with Crippen LogP contribution < -0.4 is 11.1 Å². The first-order valence-corrected chi connectivity index (χ1v) is 14.8. The van der Waals surface area contributed by atoms with Crippen LogP contribution in [0.1, 0.15) is 43.4 Å². The molecule has 1 saturated heterocycles. The first kappa shape index (κ1) is 30.6. The number of piperidine rings is 1. The summed E-state index contributed by atoms with van der Waals surface area (Å²) in [6.45, 7) is 7.07. The van der Waals surface area contributed by atoms with Crippen LogP contribution in [0.25, 0.3) is 34.1 Å². The lowest BCUT2D eigenvalue weighted by molar-refractivity contribution is -0.119. The number of rotatable bonds is 5. The molecule has 1 aliphatic heterocycles. The Morgan fingerprint density at radius 2 is 1.86 bits per heavy atom. The number of likely N-dealkylation sites (tertiary alicyclic amines) is 1. The molecule has 11 heteroatoms. The maximum atomic E-state index is 10.4. The number of nitrogens with zero attached hydrogens (tertiary/aromatic N) is 7. The third-order valence-corrected chi connectivity index (χ3v) is 7.83. The van der Waals surface area contributed by atoms with Crippen LogP contribution in [0.3, 0.4) is 0 Å². The minimum Gasteiger partial charge on any atom is -0.388 e. The summed E-state index contributed by atoms with van der Waals surface area (Å²) in [4.78, 5) is 26.0. The van der Waals surface area contributed by atoms with Crippen LogP contribution in [0.2, 0.25) is 0 Å². The zero-order valence-electron chi connectivity index (χ0n) is 25.2. The lowest BCUT2D eigenvalue weighted by atomic mass is 10.1. The number of carbonyl (C=O) groups excluding carboxylic acids is 1. The zero-order valence-corrected chi connectivity index (χ0v) is 25.2. The van der Waals surface area contributed by atoms with Gasteiger partial charge in [0.25, 0.3) is 0 Å². The van der Waals surface area contributed by atoms with Crippen molar-refractivity contribution in [2.45, 2.75) is 44.8 Å². The smallest absolute Gasteiger partial charge is 0.209 e. The molecule has 0 spiro atoms. The number of nitrogens with one attached hydrogen (secondary N) is 1. The van der Waals surface area contributed by atoms with Crippen molar-refractivity contribution in [1.29, 1.82) is 0 Å². The second kappa shape index (κ2) is 14.1. The van der Waals surface area contributed by atoms with Crippen molar-refractivity contribution in [3.63, 3.8) is 0 Å². The molecule has 1 unspecified atom stereocenters. The van der Waals surface area contributed by atoms with E-state index in [9.17, 15) is 9.90 Å². The van der Waals surface area contributed by atoms with Gasteiger partial charge >= 0.3 is 0 Å². The molecule has 44 heavy (non-hydrogen) atoms. The van der Waals surface area contributed by atoms with Crippen LogP contribution in [0.4, 0.5) is 5.82 Å². The Balaban J connectivity index is 0.000000249. The number of aromatic nitrogens is 6. The normalized spacial score (nSPS) is 16.0. The second-order valence-corrected chi connectivity index (χ2v) is 10.7. The molecule has 0 bridgehead atoms. The van der Waals surface area contributed by atoms with Crippen molar-refractivity contribution >= 4 is 23.4 Å². The molecule has 5 aromatic rings. The fourth-order valence-electron chi connectivity index (χ4n) is 5.51. The molecule has 4 aromatic heterocycles. The van der Waals surface area contributed by atoms with Gasteiger partial charge in [0.15, 0.2) is 17.3 Å².